The third-order valence-electron chi connectivity index (χ3n) is 3.10. The lowest BCUT2D eigenvalue weighted by Gasteiger charge is -2.20. The lowest BCUT2D eigenvalue weighted by Crippen LogP contribution is -2.45. The Morgan fingerprint density at radius 1 is 1.35 bits per heavy atom. The highest BCUT2D eigenvalue weighted by atomic mass is 16.5. The van der Waals surface area contributed by atoms with Gasteiger partial charge < -0.3 is 15.4 Å². The Morgan fingerprint density at radius 3 is 2.70 bits per heavy atom. The van der Waals surface area contributed by atoms with Crippen molar-refractivity contribution in [2.45, 2.75) is 46.3 Å². The summed E-state index contributed by atoms with van der Waals surface area (Å²) in [6.45, 7) is 9.11. The maximum absolute atomic E-state index is 5.88. The summed E-state index contributed by atoms with van der Waals surface area (Å²) in [5.74, 6) is 1.73. The number of hydrogen-bond acceptors (Lipinski definition) is 2. The number of nitrogens with one attached hydrogen (secondary N) is 2. The molecule has 0 bridgehead atoms. The minimum Gasteiger partial charge on any atom is -0.489 e. The first-order valence-corrected chi connectivity index (χ1v) is 7.25. The average Bonchev–Trinajstić information content (AvgIpc) is 2.43. The fraction of sp³-hybridized carbons (Fsp3) is 0.562. The van der Waals surface area contributed by atoms with Crippen LogP contribution in [0, 0.1) is 6.92 Å². The van der Waals surface area contributed by atoms with E-state index in [1.165, 1.54) is 5.56 Å². The van der Waals surface area contributed by atoms with Crippen LogP contribution in [0.25, 0.3) is 0 Å². The molecule has 0 aliphatic heterocycles. The highest BCUT2D eigenvalue weighted by molar-refractivity contribution is 5.79. The molecule has 0 heterocycles. The van der Waals surface area contributed by atoms with Crippen LogP contribution in [0.4, 0.5) is 0 Å². The van der Waals surface area contributed by atoms with Crippen molar-refractivity contribution in [3.8, 4) is 5.75 Å². The van der Waals surface area contributed by atoms with Crippen LogP contribution in [-0.4, -0.2) is 31.7 Å². The lowest BCUT2D eigenvalue weighted by atomic mass is 10.2. The Labute approximate surface area is 122 Å². The average molecular weight is 277 g/mol. The van der Waals surface area contributed by atoms with E-state index in [0.717, 1.165) is 18.1 Å². The quantitative estimate of drug-likeness (QED) is 0.621. The second-order valence-electron chi connectivity index (χ2n) is 5.15. The number of benzene rings is 1. The Morgan fingerprint density at radius 2 is 2.10 bits per heavy atom. The van der Waals surface area contributed by atoms with Crippen LogP contribution < -0.4 is 15.4 Å². The maximum Gasteiger partial charge on any atom is 0.191 e. The predicted octanol–water partition coefficient (Wildman–Crippen LogP) is 2.73. The zero-order valence-electron chi connectivity index (χ0n) is 13.2. The highest BCUT2D eigenvalue weighted by Crippen LogP contribution is 2.13. The Kier molecular flexibility index (Phi) is 6.91. The van der Waals surface area contributed by atoms with Gasteiger partial charge in [-0.05, 0) is 44.9 Å². The molecule has 0 radical (unpaired) electrons. The van der Waals surface area contributed by atoms with Crippen LogP contribution in [0.1, 0.15) is 32.8 Å². The molecule has 1 rings (SSSR count). The molecule has 4 heteroatoms. The van der Waals surface area contributed by atoms with Gasteiger partial charge in [-0.25, -0.2) is 0 Å². The molecule has 0 spiro atoms. The van der Waals surface area contributed by atoms with Crippen LogP contribution in [0.5, 0.6) is 5.75 Å². The number of guanidine groups is 1. The van der Waals surface area contributed by atoms with Gasteiger partial charge in [0.1, 0.15) is 11.9 Å². The summed E-state index contributed by atoms with van der Waals surface area (Å²) in [6, 6.07) is 8.51. The second-order valence-corrected chi connectivity index (χ2v) is 5.15. The van der Waals surface area contributed by atoms with Crippen molar-refractivity contribution in [1.29, 1.82) is 0 Å². The molecule has 0 saturated carbocycles. The van der Waals surface area contributed by atoms with Crippen molar-refractivity contribution in [2.75, 3.05) is 13.6 Å². The highest BCUT2D eigenvalue weighted by Gasteiger charge is 2.07. The molecule has 0 aromatic heterocycles. The van der Waals surface area contributed by atoms with Crippen LogP contribution in [0.2, 0.25) is 0 Å². The molecule has 20 heavy (non-hydrogen) atoms. The smallest absolute Gasteiger partial charge is 0.191 e. The zero-order chi connectivity index (χ0) is 15.0. The lowest BCUT2D eigenvalue weighted by molar-refractivity contribution is 0.223. The van der Waals surface area contributed by atoms with Gasteiger partial charge in [-0.2, -0.15) is 0 Å². The van der Waals surface area contributed by atoms with Gasteiger partial charge in [0, 0.05) is 13.1 Å². The summed E-state index contributed by atoms with van der Waals surface area (Å²) < 4.78 is 5.88. The number of aryl methyl sites for hydroxylation is 1. The molecule has 2 unspecified atom stereocenters. The van der Waals surface area contributed by atoms with Gasteiger partial charge in [-0.1, -0.05) is 19.1 Å². The summed E-state index contributed by atoms with van der Waals surface area (Å²) in [5, 5.41) is 6.61. The Hall–Kier alpha value is -1.71. The molecular formula is C16H27N3O. The van der Waals surface area contributed by atoms with E-state index in [4.69, 9.17) is 4.74 Å². The fourth-order valence-corrected chi connectivity index (χ4v) is 1.73. The minimum absolute atomic E-state index is 0.0762. The first-order chi connectivity index (χ1) is 9.55. The molecule has 0 fully saturated rings. The summed E-state index contributed by atoms with van der Waals surface area (Å²) in [4.78, 5) is 4.21. The first-order valence-electron chi connectivity index (χ1n) is 7.25. The number of hydrogen-bond donors (Lipinski definition) is 2. The second kappa shape index (κ2) is 8.46. The summed E-state index contributed by atoms with van der Waals surface area (Å²) >= 11 is 0. The van der Waals surface area contributed by atoms with Crippen molar-refractivity contribution in [1.82, 2.24) is 10.6 Å². The van der Waals surface area contributed by atoms with Crippen molar-refractivity contribution in [2.24, 2.45) is 4.99 Å². The Balaban J connectivity index is 2.40. The zero-order valence-corrected chi connectivity index (χ0v) is 13.2. The van der Waals surface area contributed by atoms with Gasteiger partial charge >= 0.3 is 0 Å². The molecule has 0 aliphatic rings. The molecule has 0 aliphatic carbocycles. The van der Waals surface area contributed by atoms with Crippen molar-refractivity contribution in [3.63, 3.8) is 0 Å². The van der Waals surface area contributed by atoms with E-state index in [1.54, 1.807) is 7.05 Å². The Bertz CT molecular complexity index is 431. The fourth-order valence-electron chi connectivity index (χ4n) is 1.73. The summed E-state index contributed by atoms with van der Waals surface area (Å²) in [7, 11) is 1.78. The summed E-state index contributed by atoms with van der Waals surface area (Å²) in [5.41, 5.74) is 1.21. The number of nitrogens with zero attached hydrogens (tertiary/aromatic N) is 1. The van der Waals surface area contributed by atoms with Gasteiger partial charge in [0.15, 0.2) is 5.96 Å². The van der Waals surface area contributed by atoms with Crippen molar-refractivity contribution in [3.05, 3.63) is 29.8 Å². The van der Waals surface area contributed by atoms with Crippen LogP contribution in [0.15, 0.2) is 29.3 Å². The van der Waals surface area contributed by atoms with Gasteiger partial charge in [-0.15, -0.1) is 0 Å². The van der Waals surface area contributed by atoms with Gasteiger partial charge in [-0.3, -0.25) is 4.99 Å². The SMILES string of the molecule is CCC(C)NC(=NC)NCC(C)Oc1cccc(C)c1. The van der Waals surface area contributed by atoms with E-state index in [1.807, 2.05) is 25.1 Å². The van der Waals surface area contributed by atoms with E-state index in [0.29, 0.717) is 12.6 Å². The normalized spacial score (nSPS) is 14.6. The molecule has 0 saturated heterocycles. The maximum atomic E-state index is 5.88. The molecular weight excluding hydrogens is 250 g/mol. The number of rotatable bonds is 6. The predicted molar refractivity (Wildman–Crippen MR) is 85.5 cm³/mol. The van der Waals surface area contributed by atoms with E-state index in [-0.39, 0.29) is 6.10 Å². The van der Waals surface area contributed by atoms with Crippen molar-refractivity contribution >= 4 is 5.96 Å². The summed E-state index contributed by atoms with van der Waals surface area (Å²) in [6.07, 6.45) is 1.14. The monoisotopic (exact) mass is 277 g/mol. The molecule has 2 atom stereocenters. The van der Waals surface area contributed by atoms with Gasteiger partial charge in [0.05, 0.1) is 6.54 Å². The molecule has 4 nitrogen and oxygen atoms in total. The van der Waals surface area contributed by atoms with E-state index in [2.05, 4.69) is 42.5 Å². The molecule has 1 aromatic rings. The van der Waals surface area contributed by atoms with Gasteiger partial charge in [0.25, 0.3) is 0 Å². The molecule has 2 N–H and O–H groups in total. The number of aliphatic imine (C=N–C) groups is 1. The standard InChI is InChI=1S/C16H27N3O/c1-6-13(3)19-16(17-5)18-11-14(4)20-15-9-7-8-12(2)10-15/h7-10,13-14H,6,11H2,1-5H3,(H2,17,18,19). The largest absolute Gasteiger partial charge is 0.489 e. The first kappa shape index (κ1) is 16.3. The van der Waals surface area contributed by atoms with Crippen molar-refractivity contribution < 1.29 is 4.74 Å². The third-order valence-corrected chi connectivity index (χ3v) is 3.10. The number of ether oxygens (including phenoxy) is 1. The van der Waals surface area contributed by atoms with E-state index in [9.17, 15) is 0 Å². The van der Waals surface area contributed by atoms with Crippen LogP contribution in [0.3, 0.4) is 0 Å². The van der Waals surface area contributed by atoms with E-state index >= 15 is 0 Å². The van der Waals surface area contributed by atoms with Crippen LogP contribution in [-0.2, 0) is 0 Å². The molecule has 1 aromatic carbocycles. The van der Waals surface area contributed by atoms with E-state index < -0.39 is 0 Å². The topological polar surface area (TPSA) is 45.7 Å². The molecule has 0 amide bonds. The minimum atomic E-state index is 0.0762. The molecule has 112 valence electrons. The third kappa shape index (κ3) is 5.95. The van der Waals surface area contributed by atoms with Crippen LogP contribution >= 0.6 is 0 Å². The van der Waals surface area contributed by atoms with Gasteiger partial charge in [0.2, 0.25) is 0 Å².